The predicted octanol–water partition coefficient (Wildman–Crippen LogP) is 3.50. The molecule has 0 radical (unpaired) electrons. The Morgan fingerprint density at radius 2 is 2.00 bits per heavy atom. The van der Waals surface area contributed by atoms with Crippen molar-refractivity contribution in [3.63, 3.8) is 0 Å². The minimum Gasteiger partial charge on any atom is -0.504 e. The number of unbranched alkanes of at least 4 members (excludes halogenated alkanes) is 1. The summed E-state index contributed by atoms with van der Waals surface area (Å²) in [6, 6.07) is 3.79. The number of hydrogen-bond acceptors (Lipinski definition) is 3. The first kappa shape index (κ1) is 14.2. The Morgan fingerprint density at radius 1 is 1.26 bits per heavy atom. The van der Waals surface area contributed by atoms with Crippen LogP contribution in [-0.2, 0) is 6.42 Å². The number of fused-ring (bicyclic) bond motifs is 1. The van der Waals surface area contributed by atoms with Crippen LogP contribution in [0.5, 0.6) is 11.5 Å². The standard InChI is InChI=1S/C16H25NO2/c1-3-5-6-11(4-2)16-13-10-15(19)14(18)9-12(13)7-8-17-16/h9-11,16-19H,3-8H2,1-2H3/t11-,16+/m1/s1. The molecule has 0 spiro atoms. The van der Waals surface area contributed by atoms with E-state index >= 15 is 0 Å². The van der Waals surface area contributed by atoms with Gasteiger partial charge < -0.3 is 15.5 Å². The molecule has 0 amide bonds. The largest absolute Gasteiger partial charge is 0.504 e. The summed E-state index contributed by atoms with van der Waals surface area (Å²) >= 11 is 0. The fraction of sp³-hybridized carbons (Fsp3) is 0.625. The zero-order valence-corrected chi connectivity index (χ0v) is 11.9. The van der Waals surface area contributed by atoms with Gasteiger partial charge in [-0.15, -0.1) is 0 Å². The average Bonchev–Trinajstić information content (AvgIpc) is 2.41. The van der Waals surface area contributed by atoms with Crippen molar-refractivity contribution in [3.05, 3.63) is 23.3 Å². The van der Waals surface area contributed by atoms with Crippen LogP contribution in [0, 0.1) is 5.92 Å². The molecule has 0 unspecified atom stereocenters. The molecule has 1 aromatic carbocycles. The minimum atomic E-state index is -0.00204. The van der Waals surface area contributed by atoms with Crippen LogP contribution >= 0.6 is 0 Å². The molecule has 3 nitrogen and oxygen atoms in total. The Hall–Kier alpha value is -1.22. The van der Waals surface area contributed by atoms with Crippen LogP contribution in [0.3, 0.4) is 0 Å². The van der Waals surface area contributed by atoms with Gasteiger partial charge in [0.25, 0.3) is 0 Å². The lowest BCUT2D eigenvalue weighted by Crippen LogP contribution is -2.34. The maximum absolute atomic E-state index is 9.75. The molecule has 0 bridgehead atoms. The number of hydrogen-bond donors (Lipinski definition) is 3. The third-order valence-electron chi connectivity index (χ3n) is 4.25. The predicted molar refractivity (Wildman–Crippen MR) is 77.5 cm³/mol. The van der Waals surface area contributed by atoms with Gasteiger partial charge in [0.05, 0.1) is 0 Å². The molecule has 1 aromatic rings. The van der Waals surface area contributed by atoms with Crippen LogP contribution in [0.25, 0.3) is 0 Å². The van der Waals surface area contributed by atoms with Gasteiger partial charge in [-0.2, -0.15) is 0 Å². The van der Waals surface area contributed by atoms with Crippen LogP contribution in [-0.4, -0.2) is 16.8 Å². The maximum Gasteiger partial charge on any atom is 0.157 e. The fourth-order valence-electron chi connectivity index (χ4n) is 3.11. The van der Waals surface area contributed by atoms with Crippen molar-refractivity contribution >= 4 is 0 Å². The summed E-state index contributed by atoms with van der Waals surface area (Å²) < 4.78 is 0. The van der Waals surface area contributed by atoms with E-state index in [4.69, 9.17) is 0 Å². The van der Waals surface area contributed by atoms with Crippen LogP contribution in [0.2, 0.25) is 0 Å². The molecule has 2 atom stereocenters. The van der Waals surface area contributed by atoms with Crippen LogP contribution in [0.15, 0.2) is 12.1 Å². The van der Waals surface area contributed by atoms with Crippen LogP contribution in [0.4, 0.5) is 0 Å². The summed E-state index contributed by atoms with van der Waals surface area (Å²) in [5.41, 5.74) is 2.35. The van der Waals surface area contributed by atoms with E-state index in [-0.39, 0.29) is 11.5 Å². The van der Waals surface area contributed by atoms with Crippen molar-refractivity contribution in [1.29, 1.82) is 0 Å². The second kappa shape index (κ2) is 6.29. The molecule has 19 heavy (non-hydrogen) atoms. The van der Waals surface area contributed by atoms with E-state index in [0.717, 1.165) is 19.4 Å². The van der Waals surface area contributed by atoms with Crippen LogP contribution in [0.1, 0.15) is 56.7 Å². The van der Waals surface area contributed by atoms with Gasteiger partial charge in [0.15, 0.2) is 11.5 Å². The molecule has 2 rings (SSSR count). The lowest BCUT2D eigenvalue weighted by Gasteiger charge is -2.33. The zero-order valence-electron chi connectivity index (χ0n) is 11.9. The molecule has 0 aliphatic carbocycles. The van der Waals surface area contributed by atoms with E-state index < -0.39 is 0 Å². The monoisotopic (exact) mass is 263 g/mol. The highest BCUT2D eigenvalue weighted by Crippen LogP contribution is 2.38. The van der Waals surface area contributed by atoms with Gasteiger partial charge in [-0.3, -0.25) is 0 Å². The van der Waals surface area contributed by atoms with Crippen molar-refractivity contribution in [1.82, 2.24) is 5.32 Å². The number of benzene rings is 1. The fourth-order valence-corrected chi connectivity index (χ4v) is 3.11. The Morgan fingerprint density at radius 3 is 2.68 bits per heavy atom. The highest BCUT2D eigenvalue weighted by atomic mass is 16.3. The summed E-state index contributed by atoms with van der Waals surface area (Å²) in [5.74, 6) is 0.599. The number of phenols is 2. The molecule has 1 aliphatic rings. The summed E-state index contributed by atoms with van der Waals surface area (Å²) in [6.45, 7) is 5.40. The molecule has 1 heterocycles. The van der Waals surface area contributed by atoms with Crippen molar-refractivity contribution < 1.29 is 10.2 Å². The molecule has 0 saturated carbocycles. The molecule has 106 valence electrons. The number of rotatable bonds is 5. The van der Waals surface area contributed by atoms with Crippen LogP contribution < -0.4 is 5.32 Å². The molecule has 3 heteroatoms. The van der Waals surface area contributed by atoms with E-state index in [9.17, 15) is 10.2 Å². The number of nitrogens with one attached hydrogen (secondary N) is 1. The van der Waals surface area contributed by atoms with E-state index in [1.807, 2.05) is 0 Å². The minimum absolute atomic E-state index is 0.000932. The Labute approximate surface area is 115 Å². The first-order chi connectivity index (χ1) is 9.17. The maximum atomic E-state index is 9.75. The molecule has 0 saturated heterocycles. The normalized spacial score (nSPS) is 20.0. The van der Waals surface area contributed by atoms with Gasteiger partial charge in [0.2, 0.25) is 0 Å². The second-order valence-corrected chi connectivity index (χ2v) is 5.53. The third kappa shape index (κ3) is 3.03. The Kier molecular flexibility index (Phi) is 4.70. The van der Waals surface area contributed by atoms with Crippen molar-refractivity contribution in [3.8, 4) is 11.5 Å². The molecule has 3 N–H and O–H groups in total. The Balaban J connectivity index is 2.27. The average molecular weight is 263 g/mol. The molecular weight excluding hydrogens is 238 g/mol. The summed E-state index contributed by atoms with van der Waals surface area (Å²) in [5, 5.41) is 23.0. The van der Waals surface area contributed by atoms with Gasteiger partial charge in [-0.25, -0.2) is 0 Å². The smallest absolute Gasteiger partial charge is 0.157 e. The van der Waals surface area contributed by atoms with E-state index in [1.54, 1.807) is 12.1 Å². The zero-order chi connectivity index (χ0) is 13.8. The van der Waals surface area contributed by atoms with E-state index in [0.29, 0.717) is 12.0 Å². The lowest BCUT2D eigenvalue weighted by atomic mass is 9.82. The van der Waals surface area contributed by atoms with Gasteiger partial charge in [0.1, 0.15) is 0 Å². The quantitative estimate of drug-likeness (QED) is 0.713. The number of phenolic OH excluding ortho intramolecular Hbond substituents is 2. The van der Waals surface area contributed by atoms with Gasteiger partial charge in [-0.1, -0.05) is 33.1 Å². The molecular formula is C16H25NO2. The topological polar surface area (TPSA) is 52.5 Å². The Bertz CT molecular complexity index is 431. The second-order valence-electron chi connectivity index (χ2n) is 5.53. The molecule has 1 aliphatic heterocycles. The first-order valence-electron chi connectivity index (χ1n) is 7.45. The number of aromatic hydroxyl groups is 2. The SMILES string of the molecule is CCCC[C@@H](CC)[C@@H]1NCCc2cc(O)c(O)cc21. The van der Waals surface area contributed by atoms with Crippen molar-refractivity contribution in [2.24, 2.45) is 5.92 Å². The lowest BCUT2D eigenvalue weighted by molar-refractivity contribution is 0.310. The third-order valence-corrected chi connectivity index (χ3v) is 4.25. The summed E-state index contributed by atoms with van der Waals surface area (Å²) in [6.07, 6.45) is 5.74. The molecule has 0 fully saturated rings. The summed E-state index contributed by atoms with van der Waals surface area (Å²) in [7, 11) is 0. The highest BCUT2D eigenvalue weighted by Gasteiger charge is 2.27. The van der Waals surface area contributed by atoms with Crippen molar-refractivity contribution in [2.45, 2.75) is 52.0 Å². The molecule has 0 aromatic heterocycles. The highest BCUT2D eigenvalue weighted by molar-refractivity contribution is 5.47. The van der Waals surface area contributed by atoms with E-state index in [1.165, 1.54) is 30.4 Å². The van der Waals surface area contributed by atoms with Gasteiger partial charge >= 0.3 is 0 Å². The first-order valence-corrected chi connectivity index (χ1v) is 7.45. The van der Waals surface area contributed by atoms with Gasteiger partial charge in [-0.05, 0) is 48.6 Å². The van der Waals surface area contributed by atoms with Gasteiger partial charge in [0, 0.05) is 6.04 Å². The van der Waals surface area contributed by atoms with E-state index in [2.05, 4.69) is 19.2 Å². The van der Waals surface area contributed by atoms with Crippen molar-refractivity contribution in [2.75, 3.05) is 6.54 Å². The summed E-state index contributed by atoms with van der Waals surface area (Å²) in [4.78, 5) is 0.